The van der Waals surface area contributed by atoms with Crippen LogP contribution in [0, 0.1) is 10.8 Å². The van der Waals surface area contributed by atoms with Gasteiger partial charge in [0.15, 0.2) is 0 Å². The molecule has 0 radical (unpaired) electrons. The minimum absolute atomic E-state index is 0.159. The van der Waals surface area contributed by atoms with Crippen molar-refractivity contribution in [1.82, 2.24) is 0 Å². The third-order valence-electron chi connectivity index (χ3n) is 3.90. The topological polar surface area (TPSA) is 46.5 Å². The van der Waals surface area contributed by atoms with E-state index in [1.165, 1.54) is 12.1 Å². The number of hydrogen-bond acceptors (Lipinski definition) is 3. The second kappa shape index (κ2) is 5.64. The molecule has 0 aliphatic carbocycles. The molecule has 0 saturated carbocycles. The molecule has 1 atom stereocenters. The van der Waals surface area contributed by atoms with Crippen LogP contribution in [0.4, 0.5) is 0 Å². The highest BCUT2D eigenvalue weighted by molar-refractivity contribution is 5.79. The summed E-state index contributed by atoms with van der Waals surface area (Å²) < 4.78 is 5.46. The first-order valence-corrected chi connectivity index (χ1v) is 6.72. The van der Waals surface area contributed by atoms with Gasteiger partial charge in [-0.15, -0.1) is 0 Å². The van der Waals surface area contributed by atoms with Gasteiger partial charge in [0, 0.05) is 0 Å². The molecular formula is C16H24O3. The lowest BCUT2D eigenvalue weighted by Gasteiger charge is -2.39. The molecule has 0 heterocycles. The van der Waals surface area contributed by atoms with Crippen molar-refractivity contribution in [3.05, 3.63) is 24.3 Å². The van der Waals surface area contributed by atoms with Crippen molar-refractivity contribution in [3.63, 3.8) is 0 Å². The van der Waals surface area contributed by atoms with Gasteiger partial charge in [-0.05, 0) is 43.0 Å². The van der Waals surface area contributed by atoms with Crippen LogP contribution in [-0.2, 0) is 4.79 Å². The summed E-state index contributed by atoms with van der Waals surface area (Å²) in [6.45, 7) is 10.2. The highest BCUT2D eigenvalue weighted by atomic mass is 16.5. The van der Waals surface area contributed by atoms with E-state index in [2.05, 4.69) is 27.7 Å². The molecule has 1 unspecified atom stereocenters. The standard InChI is InChI=1S/C16H24O3/c1-6-11-16(5,15(2,3)4)14(18)19-13-9-7-12(17)8-10-13/h7-10,17H,6,11H2,1-5H3. The second-order valence-electron chi connectivity index (χ2n) is 6.22. The minimum atomic E-state index is -0.528. The van der Waals surface area contributed by atoms with Gasteiger partial charge in [0.05, 0.1) is 5.41 Å². The third-order valence-corrected chi connectivity index (χ3v) is 3.90. The predicted molar refractivity (Wildman–Crippen MR) is 76.2 cm³/mol. The Morgan fingerprint density at radius 3 is 2.11 bits per heavy atom. The van der Waals surface area contributed by atoms with E-state index in [-0.39, 0.29) is 17.1 Å². The Kier molecular flexibility index (Phi) is 4.61. The number of ether oxygens (including phenoxy) is 1. The van der Waals surface area contributed by atoms with Crippen molar-refractivity contribution in [2.75, 3.05) is 0 Å². The van der Waals surface area contributed by atoms with E-state index >= 15 is 0 Å². The van der Waals surface area contributed by atoms with Crippen LogP contribution in [0.25, 0.3) is 0 Å². The fraction of sp³-hybridized carbons (Fsp3) is 0.562. The quantitative estimate of drug-likeness (QED) is 0.656. The maximum atomic E-state index is 12.5. The zero-order valence-corrected chi connectivity index (χ0v) is 12.5. The van der Waals surface area contributed by atoms with Gasteiger partial charge in [-0.3, -0.25) is 4.79 Å². The molecule has 0 aliphatic rings. The molecule has 0 fully saturated rings. The first kappa shape index (κ1) is 15.5. The van der Waals surface area contributed by atoms with Crippen molar-refractivity contribution >= 4 is 5.97 Å². The predicted octanol–water partition coefficient (Wildman–Crippen LogP) is 4.15. The van der Waals surface area contributed by atoms with Gasteiger partial charge >= 0.3 is 5.97 Å². The number of carbonyl (C=O) groups is 1. The zero-order valence-electron chi connectivity index (χ0n) is 12.5. The Morgan fingerprint density at radius 1 is 1.16 bits per heavy atom. The van der Waals surface area contributed by atoms with Crippen LogP contribution in [-0.4, -0.2) is 11.1 Å². The number of phenolic OH excluding ortho intramolecular Hbond substituents is 1. The summed E-state index contributed by atoms with van der Waals surface area (Å²) in [6.07, 6.45) is 1.71. The SMILES string of the molecule is CCCC(C)(C(=O)Oc1ccc(O)cc1)C(C)(C)C. The average Bonchev–Trinajstić information content (AvgIpc) is 2.30. The van der Waals surface area contributed by atoms with E-state index in [0.717, 1.165) is 12.8 Å². The molecule has 1 rings (SSSR count). The average molecular weight is 264 g/mol. The van der Waals surface area contributed by atoms with Gasteiger partial charge in [-0.2, -0.15) is 0 Å². The van der Waals surface area contributed by atoms with Crippen molar-refractivity contribution < 1.29 is 14.6 Å². The number of esters is 1. The Labute approximate surface area is 115 Å². The van der Waals surface area contributed by atoms with Crippen LogP contribution in [0.15, 0.2) is 24.3 Å². The Balaban J connectivity index is 2.92. The van der Waals surface area contributed by atoms with E-state index < -0.39 is 5.41 Å². The Bertz CT molecular complexity index is 428. The van der Waals surface area contributed by atoms with Gasteiger partial charge in [0.1, 0.15) is 11.5 Å². The first-order chi connectivity index (χ1) is 8.70. The van der Waals surface area contributed by atoms with Crippen LogP contribution < -0.4 is 4.74 Å². The largest absolute Gasteiger partial charge is 0.508 e. The van der Waals surface area contributed by atoms with Crippen molar-refractivity contribution in [1.29, 1.82) is 0 Å². The first-order valence-electron chi connectivity index (χ1n) is 6.72. The molecule has 0 spiro atoms. The Hall–Kier alpha value is -1.51. The number of phenols is 1. The minimum Gasteiger partial charge on any atom is -0.508 e. The molecule has 19 heavy (non-hydrogen) atoms. The van der Waals surface area contributed by atoms with E-state index in [1.807, 2.05) is 6.92 Å². The summed E-state index contributed by atoms with van der Waals surface area (Å²) in [4.78, 5) is 12.5. The van der Waals surface area contributed by atoms with E-state index in [0.29, 0.717) is 5.75 Å². The molecule has 0 amide bonds. The number of rotatable bonds is 4. The smallest absolute Gasteiger partial charge is 0.317 e. The van der Waals surface area contributed by atoms with Crippen molar-refractivity contribution in [3.8, 4) is 11.5 Å². The van der Waals surface area contributed by atoms with Crippen molar-refractivity contribution in [2.24, 2.45) is 10.8 Å². The molecule has 0 bridgehead atoms. The summed E-state index contributed by atoms with van der Waals surface area (Å²) >= 11 is 0. The molecule has 0 aliphatic heterocycles. The maximum Gasteiger partial charge on any atom is 0.317 e. The van der Waals surface area contributed by atoms with Crippen LogP contribution in [0.3, 0.4) is 0 Å². The maximum absolute atomic E-state index is 12.5. The highest BCUT2D eigenvalue weighted by Gasteiger charge is 2.44. The van der Waals surface area contributed by atoms with E-state index in [1.54, 1.807) is 12.1 Å². The van der Waals surface area contributed by atoms with Gasteiger partial charge in [0.25, 0.3) is 0 Å². The van der Waals surface area contributed by atoms with Gasteiger partial charge < -0.3 is 9.84 Å². The molecule has 1 N–H and O–H groups in total. The molecule has 0 saturated heterocycles. The number of carbonyl (C=O) groups excluding carboxylic acids is 1. The number of hydrogen-bond donors (Lipinski definition) is 1. The third kappa shape index (κ3) is 3.49. The molecule has 0 aromatic heterocycles. The summed E-state index contributed by atoms with van der Waals surface area (Å²) in [5, 5.41) is 9.22. The number of benzene rings is 1. The van der Waals surface area contributed by atoms with Crippen molar-refractivity contribution in [2.45, 2.75) is 47.5 Å². The molecule has 1 aromatic carbocycles. The molecule has 1 aromatic rings. The van der Waals surface area contributed by atoms with Crippen LogP contribution >= 0.6 is 0 Å². The second-order valence-corrected chi connectivity index (χ2v) is 6.22. The van der Waals surface area contributed by atoms with Crippen LogP contribution in [0.1, 0.15) is 47.5 Å². The zero-order chi connectivity index (χ0) is 14.7. The fourth-order valence-electron chi connectivity index (χ4n) is 2.02. The summed E-state index contributed by atoms with van der Waals surface area (Å²) in [6, 6.07) is 6.22. The summed E-state index contributed by atoms with van der Waals surface area (Å²) in [5.74, 6) is 0.411. The summed E-state index contributed by atoms with van der Waals surface area (Å²) in [5.41, 5.74) is -0.698. The number of aromatic hydroxyl groups is 1. The lowest BCUT2D eigenvalue weighted by atomic mass is 9.65. The normalized spacial score (nSPS) is 14.8. The van der Waals surface area contributed by atoms with Crippen LogP contribution in [0.5, 0.6) is 11.5 Å². The van der Waals surface area contributed by atoms with Gasteiger partial charge in [-0.25, -0.2) is 0 Å². The lowest BCUT2D eigenvalue weighted by molar-refractivity contribution is -0.152. The van der Waals surface area contributed by atoms with Gasteiger partial charge in [-0.1, -0.05) is 34.1 Å². The molecular weight excluding hydrogens is 240 g/mol. The van der Waals surface area contributed by atoms with E-state index in [9.17, 15) is 9.90 Å². The van der Waals surface area contributed by atoms with Crippen LogP contribution in [0.2, 0.25) is 0 Å². The van der Waals surface area contributed by atoms with E-state index in [4.69, 9.17) is 4.74 Å². The highest BCUT2D eigenvalue weighted by Crippen LogP contribution is 2.43. The summed E-state index contributed by atoms with van der Waals surface area (Å²) in [7, 11) is 0. The monoisotopic (exact) mass is 264 g/mol. The Morgan fingerprint density at radius 2 is 1.68 bits per heavy atom. The molecule has 3 heteroatoms. The van der Waals surface area contributed by atoms with Gasteiger partial charge in [0.2, 0.25) is 0 Å². The fourth-order valence-corrected chi connectivity index (χ4v) is 2.02. The molecule has 3 nitrogen and oxygen atoms in total. The molecule has 106 valence electrons. The lowest BCUT2D eigenvalue weighted by Crippen LogP contribution is -2.43.